The largest absolute Gasteiger partial charge is 0.346 e. The van der Waals surface area contributed by atoms with E-state index < -0.39 is 26.6 Å². The quantitative estimate of drug-likeness (QED) is 0.836. The van der Waals surface area contributed by atoms with Gasteiger partial charge in [-0.1, -0.05) is 0 Å². The highest BCUT2D eigenvalue weighted by Crippen LogP contribution is 2.26. The van der Waals surface area contributed by atoms with Gasteiger partial charge in [-0.25, -0.2) is 17.2 Å². The van der Waals surface area contributed by atoms with Gasteiger partial charge in [-0.2, -0.15) is 4.31 Å². The first-order chi connectivity index (χ1) is 10.8. The highest BCUT2D eigenvalue weighted by Gasteiger charge is 2.34. The summed E-state index contributed by atoms with van der Waals surface area (Å²) in [5.41, 5.74) is 0. The average molecular weight is 346 g/mol. The molecule has 0 aliphatic carbocycles. The second-order valence-corrected chi connectivity index (χ2v) is 7.51. The van der Waals surface area contributed by atoms with Gasteiger partial charge >= 0.3 is 0 Å². The number of piperidine rings is 1. The second kappa shape index (κ2) is 6.92. The highest BCUT2D eigenvalue weighted by atomic mass is 32.2. The Labute approximate surface area is 134 Å². The molecule has 1 amide bonds. The molecular weight excluding hydrogens is 326 g/mol. The maximum Gasteiger partial charge on any atom is 0.246 e. The Morgan fingerprint density at radius 2 is 1.91 bits per heavy atom. The first-order valence-electron chi connectivity index (χ1n) is 7.47. The minimum Gasteiger partial charge on any atom is -0.346 e. The van der Waals surface area contributed by atoms with Crippen LogP contribution >= 0.6 is 0 Å². The molecule has 1 aliphatic heterocycles. The maximum absolute atomic E-state index is 13.7. The van der Waals surface area contributed by atoms with Crippen LogP contribution in [-0.4, -0.2) is 50.2 Å². The first-order valence-corrected chi connectivity index (χ1v) is 8.91. The van der Waals surface area contributed by atoms with E-state index in [4.69, 9.17) is 0 Å². The molecule has 1 aliphatic rings. The van der Waals surface area contributed by atoms with Crippen LogP contribution in [-0.2, 0) is 14.8 Å². The summed E-state index contributed by atoms with van der Waals surface area (Å²) in [6.07, 6.45) is 0.749. The van der Waals surface area contributed by atoms with Gasteiger partial charge in [-0.05, 0) is 38.0 Å². The third-order valence-corrected chi connectivity index (χ3v) is 6.08. The summed E-state index contributed by atoms with van der Waals surface area (Å²) in [5, 5.41) is 0. The van der Waals surface area contributed by atoms with Gasteiger partial charge in [-0.15, -0.1) is 0 Å². The monoisotopic (exact) mass is 346 g/mol. The molecule has 0 radical (unpaired) electrons. The van der Waals surface area contributed by atoms with Crippen LogP contribution in [0.3, 0.4) is 0 Å². The normalized spacial score (nSPS) is 17.2. The van der Waals surface area contributed by atoms with Gasteiger partial charge in [0.1, 0.15) is 16.5 Å². The Morgan fingerprint density at radius 1 is 1.30 bits per heavy atom. The van der Waals surface area contributed by atoms with E-state index in [9.17, 15) is 22.0 Å². The minimum atomic E-state index is -4.10. The molecule has 0 unspecified atom stereocenters. The number of sulfonamides is 1. The van der Waals surface area contributed by atoms with Crippen molar-refractivity contribution < 1.29 is 22.0 Å². The molecule has 0 N–H and O–H groups in total. The Bertz CT molecular complexity index is 686. The van der Waals surface area contributed by atoms with E-state index in [2.05, 4.69) is 0 Å². The fraction of sp³-hybridized carbons (Fsp3) is 0.533. The maximum atomic E-state index is 13.7. The number of rotatable bonds is 4. The zero-order valence-electron chi connectivity index (χ0n) is 13.1. The fourth-order valence-corrected chi connectivity index (χ4v) is 4.17. The van der Waals surface area contributed by atoms with E-state index in [-0.39, 0.29) is 24.9 Å². The van der Waals surface area contributed by atoms with Gasteiger partial charge in [0.05, 0.1) is 0 Å². The molecule has 1 aromatic carbocycles. The van der Waals surface area contributed by atoms with Crippen LogP contribution in [0.5, 0.6) is 0 Å². The van der Waals surface area contributed by atoms with Crippen molar-refractivity contribution >= 4 is 15.9 Å². The molecule has 1 aromatic rings. The Kier molecular flexibility index (Phi) is 5.36. The van der Waals surface area contributed by atoms with E-state index in [1.54, 1.807) is 11.9 Å². The van der Waals surface area contributed by atoms with Gasteiger partial charge < -0.3 is 4.90 Å². The number of nitrogens with zero attached hydrogens (tertiary/aromatic N) is 2. The molecule has 1 saturated heterocycles. The predicted molar refractivity (Wildman–Crippen MR) is 81.2 cm³/mol. The fourth-order valence-electron chi connectivity index (χ4n) is 2.62. The van der Waals surface area contributed by atoms with Crippen molar-refractivity contribution in [1.29, 1.82) is 0 Å². The summed E-state index contributed by atoms with van der Waals surface area (Å²) >= 11 is 0. The molecule has 0 aromatic heterocycles. The topological polar surface area (TPSA) is 57.7 Å². The molecule has 128 valence electrons. The zero-order chi connectivity index (χ0) is 17.2. The average Bonchev–Trinajstić information content (AvgIpc) is 2.55. The van der Waals surface area contributed by atoms with E-state index in [1.165, 1.54) is 0 Å². The molecule has 0 spiro atoms. The summed E-state index contributed by atoms with van der Waals surface area (Å²) in [5.74, 6) is -2.03. The number of hydrogen-bond donors (Lipinski definition) is 0. The lowest BCUT2D eigenvalue weighted by atomic mass is 9.97. The van der Waals surface area contributed by atoms with Gasteiger partial charge in [-0.3, -0.25) is 4.79 Å². The van der Waals surface area contributed by atoms with E-state index >= 15 is 0 Å². The summed E-state index contributed by atoms with van der Waals surface area (Å²) < 4.78 is 53.0. The van der Waals surface area contributed by atoms with Crippen molar-refractivity contribution in [1.82, 2.24) is 9.21 Å². The predicted octanol–water partition coefficient (Wildman–Crippen LogP) is 1.84. The third-order valence-electron chi connectivity index (χ3n) is 4.16. The molecule has 0 bridgehead atoms. The first kappa shape index (κ1) is 17.8. The standard InChI is InChI=1S/C15H20F2N2O3S/c1-3-18(2)15(20)11-6-8-19(9-7-11)23(21,22)14-10-12(16)4-5-13(14)17/h4-5,10-11H,3,6-9H2,1-2H3. The van der Waals surface area contributed by atoms with E-state index in [1.807, 2.05) is 6.92 Å². The minimum absolute atomic E-state index is 0.0125. The van der Waals surface area contributed by atoms with Crippen molar-refractivity contribution in [3.05, 3.63) is 29.8 Å². The lowest BCUT2D eigenvalue weighted by molar-refractivity contribution is -0.135. The Morgan fingerprint density at radius 3 is 2.48 bits per heavy atom. The highest BCUT2D eigenvalue weighted by molar-refractivity contribution is 7.89. The van der Waals surface area contributed by atoms with Crippen molar-refractivity contribution in [3.63, 3.8) is 0 Å². The number of benzene rings is 1. The summed E-state index contributed by atoms with van der Waals surface area (Å²) in [6, 6.07) is 2.36. The molecule has 1 fully saturated rings. The molecule has 23 heavy (non-hydrogen) atoms. The summed E-state index contributed by atoms with van der Waals surface area (Å²) in [4.78, 5) is 13.0. The molecule has 0 saturated carbocycles. The van der Waals surface area contributed by atoms with Crippen molar-refractivity contribution in [2.75, 3.05) is 26.7 Å². The molecular formula is C15H20F2N2O3S. The van der Waals surface area contributed by atoms with Crippen LogP contribution in [0.1, 0.15) is 19.8 Å². The Balaban J connectivity index is 2.13. The lowest BCUT2D eigenvalue weighted by Gasteiger charge is -2.32. The third kappa shape index (κ3) is 3.69. The van der Waals surface area contributed by atoms with Gasteiger partial charge in [0.15, 0.2) is 0 Å². The van der Waals surface area contributed by atoms with Crippen LogP contribution in [0, 0.1) is 17.6 Å². The van der Waals surface area contributed by atoms with Crippen molar-refractivity contribution in [3.8, 4) is 0 Å². The number of hydrogen-bond acceptors (Lipinski definition) is 3. The lowest BCUT2D eigenvalue weighted by Crippen LogP contribution is -2.43. The number of carbonyl (C=O) groups excluding carboxylic acids is 1. The van der Waals surface area contributed by atoms with Crippen molar-refractivity contribution in [2.24, 2.45) is 5.92 Å². The molecule has 1 heterocycles. The van der Waals surface area contributed by atoms with Crippen LogP contribution in [0.2, 0.25) is 0 Å². The number of carbonyl (C=O) groups is 1. The van der Waals surface area contributed by atoms with Gasteiger partial charge in [0, 0.05) is 32.6 Å². The molecule has 5 nitrogen and oxygen atoms in total. The Hall–Kier alpha value is -1.54. The number of amides is 1. The van der Waals surface area contributed by atoms with Crippen molar-refractivity contribution in [2.45, 2.75) is 24.7 Å². The molecule has 8 heteroatoms. The summed E-state index contributed by atoms with van der Waals surface area (Å²) in [6.45, 7) is 2.69. The molecule has 2 rings (SSSR count). The number of halogens is 2. The molecule has 0 atom stereocenters. The zero-order valence-corrected chi connectivity index (χ0v) is 13.9. The second-order valence-electron chi connectivity index (χ2n) is 5.61. The van der Waals surface area contributed by atoms with E-state index in [0.717, 1.165) is 16.4 Å². The summed E-state index contributed by atoms with van der Waals surface area (Å²) in [7, 11) is -2.39. The van der Waals surface area contributed by atoms with Crippen LogP contribution < -0.4 is 0 Å². The van der Waals surface area contributed by atoms with Gasteiger partial charge in [0.2, 0.25) is 15.9 Å². The van der Waals surface area contributed by atoms with E-state index in [0.29, 0.717) is 25.5 Å². The van der Waals surface area contributed by atoms with Crippen LogP contribution in [0.15, 0.2) is 23.1 Å². The van der Waals surface area contributed by atoms with Crippen LogP contribution in [0.25, 0.3) is 0 Å². The van der Waals surface area contributed by atoms with Gasteiger partial charge in [0.25, 0.3) is 0 Å². The van der Waals surface area contributed by atoms with Crippen LogP contribution in [0.4, 0.5) is 8.78 Å². The SMILES string of the molecule is CCN(C)C(=O)C1CCN(S(=O)(=O)c2cc(F)ccc2F)CC1. The smallest absolute Gasteiger partial charge is 0.246 e.